The average molecular weight is 247 g/mol. The first-order chi connectivity index (χ1) is 9.22. The lowest BCUT2D eigenvalue weighted by atomic mass is 9.99. The molecule has 0 heterocycles. The summed E-state index contributed by atoms with van der Waals surface area (Å²) >= 11 is 0. The molecule has 0 bridgehead atoms. The Kier molecular flexibility index (Phi) is 4.05. The predicted molar refractivity (Wildman–Crippen MR) is 83.1 cm³/mol. The molecule has 2 aromatic rings. The van der Waals surface area contributed by atoms with E-state index in [2.05, 4.69) is 42.1 Å². The summed E-state index contributed by atoms with van der Waals surface area (Å²) in [5.41, 5.74) is 5.50. The highest BCUT2D eigenvalue weighted by atomic mass is 14.8. The van der Waals surface area contributed by atoms with Gasteiger partial charge in [0.2, 0.25) is 0 Å². The van der Waals surface area contributed by atoms with E-state index in [9.17, 15) is 0 Å². The van der Waals surface area contributed by atoms with Gasteiger partial charge in [0, 0.05) is 18.3 Å². The Labute approximate surface area is 115 Å². The lowest BCUT2D eigenvalue weighted by Crippen LogP contribution is -1.92. The van der Waals surface area contributed by atoms with Crippen LogP contribution in [-0.4, -0.2) is 7.05 Å². The van der Waals surface area contributed by atoms with Gasteiger partial charge < -0.3 is 5.32 Å². The maximum atomic E-state index is 5.35. The van der Waals surface area contributed by atoms with Gasteiger partial charge in [-0.3, -0.25) is 0 Å². The zero-order valence-corrected chi connectivity index (χ0v) is 11.1. The molecule has 0 spiro atoms. The first-order valence-corrected chi connectivity index (χ1v) is 6.24. The number of benzene rings is 2. The minimum Gasteiger partial charge on any atom is -0.388 e. The van der Waals surface area contributed by atoms with E-state index in [1.54, 1.807) is 0 Å². The highest BCUT2D eigenvalue weighted by Gasteiger charge is 2.01. The van der Waals surface area contributed by atoms with Crippen molar-refractivity contribution in [2.45, 2.75) is 6.42 Å². The highest BCUT2D eigenvalue weighted by Crippen LogP contribution is 2.19. The normalized spacial score (nSPS) is 9.68. The van der Waals surface area contributed by atoms with Crippen molar-refractivity contribution < 1.29 is 0 Å². The van der Waals surface area contributed by atoms with E-state index in [0.717, 1.165) is 28.8 Å². The second-order valence-electron chi connectivity index (χ2n) is 4.45. The number of anilines is 1. The van der Waals surface area contributed by atoms with Crippen molar-refractivity contribution in [2.24, 2.45) is 0 Å². The van der Waals surface area contributed by atoms with Crippen molar-refractivity contribution in [1.82, 2.24) is 0 Å². The van der Waals surface area contributed by atoms with Crippen LogP contribution in [0.2, 0.25) is 0 Å². The zero-order chi connectivity index (χ0) is 13.7. The van der Waals surface area contributed by atoms with Gasteiger partial charge in [-0.1, -0.05) is 36.8 Å². The highest BCUT2D eigenvalue weighted by molar-refractivity contribution is 5.66. The third kappa shape index (κ3) is 3.26. The summed E-state index contributed by atoms with van der Waals surface area (Å²) < 4.78 is 0. The van der Waals surface area contributed by atoms with Crippen molar-refractivity contribution >= 4 is 11.3 Å². The second-order valence-corrected chi connectivity index (χ2v) is 4.45. The minimum absolute atomic E-state index is 0.847. The first kappa shape index (κ1) is 13.0. The van der Waals surface area contributed by atoms with Crippen LogP contribution in [0, 0.1) is 12.3 Å². The van der Waals surface area contributed by atoms with Crippen LogP contribution in [0.5, 0.6) is 0 Å². The Morgan fingerprint density at radius 1 is 1.11 bits per heavy atom. The standard InChI is InChI=1S/C18H17N/c1-4-15-5-9-17(10-6-15)14(2)13-16-7-11-18(19-3)12-8-16/h1,5-12,19H,2,13H2,3H3. The topological polar surface area (TPSA) is 12.0 Å². The molecule has 0 aromatic heterocycles. The Morgan fingerprint density at radius 3 is 2.26 bits per heavy atom. The van der Waals surface area contributed by atoms with Crippen LogP contribution in [-0.2, 0) is 6.42 Å². The minimum atomic E-state index is 0.847. The van der Waals surface area contributed by atoms with Gasteiger partial charge in [0.25, 0.3) is 0 Å². The van der Waals surface area contributed by atoms with Crippen LogP contribution in [0.25, 0.3) is 5.57 Å². The van der Waals surface area contributed by atoms with E-state index in [4.69, 9.17) is 6.42 Å². The molecule has 1 nitrogen and oxygen atoms in total. The maximum absolute atomic E-state index is 5.35. The van der Waals surface area contributed by atoms with Crippen LogP contribution in [0.15, 0.2) is 55.1 Å². The molecule has 0 saturated carbocycles. The summed E-state index contributed by atoms with van der Waals surface area (Å²) in [4.78, 5) is 0. The van der Waals surface area contributed by atoms with Crippen LogP contribution in [0.4, 0.5) is 5.69 Å². The maximum Gasteiger partial charge on any atom is 0.0337 e. The van der Waals surface area contributed by atoms with E-state index >= 15 is 0 Å². The van der Waals surface area contributed by atoms with Crippen molar-refractivity contribution in [3.05, 3.63) is 71.8 Å². The fourth-order valence-electron chi connectivity index (χ4n) is 1.94. The molecule has 0 amide bonds. The molecule has 2 aromatic carbocycles. The molecule has 0 unspecified atom stereocenters. The van der Waals surface area contributed by atoms with Crippen LogP contribution >= 0.6 is 0 Å². The molecule has 0 saturated heterocycles. The lowest BCUT2D eigenvalue weighted by Gasteiger charge is -2.07. The van der Waals surface area contributed by atoms with Gasteiger partial charge in [0.15, 0.2) is 0 Å². The summed E-state index contributed by atoms with van der Waals surface area (Å²) in [6.07, 6.45) is 6.20. The molecule has 0 radical (unpaired) electrons. The third-order valence-corrected chi connectivity index (χ3v) is 3.12. The molecule has 0 aliphatic rings. The number of hydrogen-bond acceptors (Lipinski definition) is 1. The summed E-state index contributed by atoms with van der Waals surface area (Å²) in [6.45, 7) is 4.15. The monoisotopic (exact) mass is 247 g/mol. The Morgan fingerprint density at radius 2 is 1.74 bits per heavy atom. The Balaban J connectivity index is 2.09. The molecule has 1 heteroatoms. The molecule has 19 heavy (non-hydrogen) atoms. The fraction of sp³-hybridized carbons (Fsp3) is 0.111. The number of rotatable bonds is 4. The summed E-state index contributed by atoms with van der Waals surface area (Å²) in [5, 5.41) is 3.11. The Bertz CT molecular complexity index is 598. The van der Waals surface area contributed by atoms with Crippen molar-refractivity contribution in [3.63, 3.8) is 0 Å². The van der Waals surface area contributed by atoms with Gasteiger partial charge >= 0.3 is 0 Å². The van der Waals surface area contributed by atoms with Crippen LogP contribution < -0.4 is 5.32 Å². The molecule has 0 aliphatic carbocycles. The van der Waals surface area contributed by atoms with Gasteiger partial charge in [-0.05, 0) is 47.4 Å². The number of allylic oxidation sites excluding steroid dienone is 1. The predicted octanol–water partition coefficient (Wildman–Crippen LogP) is 3.97. The van der Waals surface area contributed by atoms with Gasteiger partial charge in [-0.15, -0.1) is 6.42 Å². The summed E-state index contributed by atoms with van der Waals surface area (Å²) in [7, 11) is 1.92. The Hall–Kier alpha value is -2.46. The van der Waals surface area contributed by atoms with E-state index < -0.39 is 0 Å². The molecular formula is C18H17N. The van der Waals surface area contributed by atoms with E-state index in [1.165, 1.54) is 5.56 Å². The zero-order valence-electron chi connectivity index (χ0n) is 11.1. The van der Waals surface area contributed by atoms with Crippen LogP contribution in [0.3, 0.4) is 0 Å². The SMILES string of the molecule is C#Cc1ccc(C(=C)Cc2ccc(NC)cc2)cc1. The smallest absolute Gasteiger partial charge is 0.0337 e. The van der Waals surface area contributed by atoms with Crippen molar-refractivity contribution in [1.29, 1.82) is 0 Å². The van der Waals surface area contributed by atoms with E-state index in [1.807, 2.05) is 31.3 Å². The van der Waals surface area contributed by atoms with Gasteiger partial charge in [-0.2, -0.15) is 0 Å². The van der Waals surface area contributed by atoms with Crippen molar-refractivity contribution in [2.75, 3.05) is 12.4 Å². The second kappa shape index (κ2) is 5.93. The van der Waals surface area contributed by atoms with Crippen molar-refractivity contribution in [3.8, 4) is 12.3 Å². The quantitative estimate of drug-likeness (QED) is 0.806. The molecule has 2 rings (SSSR count). The molecule has 0 aliphatic heterocycles. The third-order valence-electron chi connectivity index (χ3n) is 3.12. The largest absolute Gasteiger partial charge is 0.388 e. The average Bonchev–Trinajstić information content (AvgIpc) is 2.48. The molecular weight excluding hydrogens is 230 g/mol. The summed E-state index contributed by atoms with van der Waals surface area (Å²) in [5.74, 6) is 2.62. The molecule has 94 valence electrons. The fourth-order valence-corrected chi connectivity index (χ4v) is 1.94. The van der Waals surface area contributed by atoms with Crippen LogP contribution in [0.1, 0.15) is 16.7 Å². The van der Waals surface area contributed by atoms with Gasteiger partial charge in [0.1, 0.15) is 0 Å². The number of terminal acetylenes is 1. The number of hydrogen-bond donors (Lipinski definition) is 1. The number of nitrogens with one attached hydrogen (secondary N) is 1. The molecule has 1 N–H and O–H groups in total. The van der Waals surface area contributed by atoms with E-state index in [0.29, 0.717) is 0 Å². The first-order valence-electron chi connectivity index (χ1n) is 6.24. The van der Waals surface area contributed by atoms with Gasteiger partial charge in [0.05, 0.1) is 0 Å². The van der Waals surface area contributed by atoms with E-state index in [-0.39, 0.29) is 0 Å². The summed E-state index contributed by atoms with van der Waals surface area (Å²) in [6, 6.07) is 16.3. The molecule has 0 fully saturated rings. The van der Waals surface area contributed by atoms with Gasteiger partial charge in [-0.25, -0.2) is 0 Å². The molecule has 0 atom stereocenters. The lowest BCUT2D eigenvalue weighted by molar-refractivity contribution is 1.28.